The average Bonchev–Trinajstić information content (AvgIpc) is 3.24. The maximum Gasteiger partial charge on any atom is 0.205 e. The molecule has 57 heavy (non-hydrogen) atoms. The van der Waals surface area contributed by atoms with Crippen LogP contribution in [0.5, 0.6) is 0 Å². The molecule has 5 nitrogen and oxygen atoms in total. The monoisotopic (exact) mass is 784 g/mol. The van der Waals surface area contributed by atoms with Crippen LogP contribution >= 0.6 is 0 Å². The van der Waals surface area contributed by atoms with Gasteiger partial charge in [0.25, 0.3) is 0 Å². The van der Waals surface area contributed by atoms with Crippen LogP contribution in [-0.2, 0) is 10.1 Å². The highest BCUT2D eigenvalue weighted by Crippen LogP contribution is 2.36. The van der Waals surface area contributed by atoms with Gasteiger partial charge in [-0.1, -0.05) is 164 Å². The molecule has 0 N–H and O–H groups in total. The van der Waals surface area contributed by atoms with Gasteiger partial charge in [0.15, 0.2) is 0 Å². The molecule has 6 heteroatoms. The summed E-state index contributed by atoms with van der Waals surface area (Å²) in [5.74, 6) is 0. The molecular weight excluding hydrogens is 721 g/mol. The van der Waals surface area contributed by atoms with E-state index in [-0.39, 0.29) is 4.90 Å². The third-order valence-electron chi connectivity index (χ3n) is 11.0. The van der Waals surface area contributed by atoms with Crippen molar-refractivity contribution in [3.05, 3.63) is 150 Å². The first-order chi connectivity index (χ1) is 27.9. The van der Waals surface area contributed by atoms with Crippen molar-refractivity contribution < 1.29 is 17.5 Å². The summed E-state index contributed by atoms with van der Waals surface area (Å²) in [6.45, 7) is 6.33. The van der Waals surface area contributed by atoms with E-state index in [9.17, 15) is 13.0 Å². The minimum absolute atomic E-state index is 0.214. The zero-order valence-electron chi connectivity index (χ0n) is 34.5. The fourth-order valence-electron chi connectivity index (χ4n) is 7.82. The molecule has 0 saturated heterocycles. The van der Waals surface area contributed by atoms with E-state index in [1.165, 1.54) is 96.0 Å². The van der Waals surface area contributed by atoms with Crippen molar-refractivity contribution >= 4 is 38.5 Å². The molecule has 4 aromatic rings. The molecule has 302 valence electrons. The van der Waals surface area contributed by atoms with Crippen LogP contribution in [0.15, 0.2) is 144 Å². The van der Waals surface area contributed by atoms with Gasteiger partial charge in [0.1, 0.15) is 16.7 Å². The molecule has 0 spiro atoms. The Kier molecular flexibility index (Phi) is 18.1. The Bertz CT molecular complexity index is 2010. The summed E-state index contributed by atoms with van der Waals surface area (Å²) in [6.07, 6.45) is 28.6. The SMILES string of the molecule is CCCCCCCCCCN(c1ccccc1)c1ccc(C(=C2C=CC(=[N+](CCCCCCCCCC)c3ccccc3)C=C2)c2ccccc2S(=O)(=O)[O-])cc1. The molecule has 0 unspecified atom stereocenters. The highest BCUT2D eigenvalue weighted by atomic mass is 32.2. The van der Waals surface area contributed by atoms with Gasteiger partial charge in [0.05, 0.1) is 4.90 Å². The van der Waals surface area contributed by atoms with Gasteiger partial charge in [0, 0.05) is 54.2 Å². The van der Waals surface area contributed by atoms with E-state index in [2.05, 4.69) is 120 Å². The van der Waals surface area contributed by atoms with Crippen molar-refractivity contribution in [2.75, 3.05) is 18.0 Å². The summed E-state index contributed by atoms with van der Waals surface area (Å²) in [5, 5.41) is 0. The van der Waals surface area contributed by atoms with Crippen LogP contribution in [0.2, 0.25) is 0 Å². The van der Waals surface area contributed by atoms with Gasteiger partial charge < -0.3 is 9.45 Å². The Balaban J connectivity index is 1.45. The molecule has 0 heterocycles. The van der Waals surface area contributed by atoms with Crippen LogP contribution in [0, 0.1) is 0 Å². The van der Waals surface area contributed by atoms with E-state index in [0.717, 1.165) is 59.8 Å². The third-order valence-corrected chi connectivity index (χ3v) is 11.9. The minimum Gasteiger partial charge on any atom is -0.744 e. The van der Waals surface area contributed by atoms with Crippen molar-refractivity contribution in [2.24, 2.45) is 0 Å². The standard InChI is InChI=1S/C51H64N2O3S/c1-3-5-7-9-11-13-15-25-41-52(45-27-19-17-20-28-45)47-37-33-43(34-38-47)51(49-31-23-24-32-50(49)57(54,55)56)44-35-39-48(40-36-44)53(46-29-21-18-22-30-46)42-26-16-14-12-10-8-6-4-2/h17-24,27-40H,3-16,25-26,41-42H2,1-2H3. The van der Waals surface area contributed by atoms with Gasteiger partial charge in [-0.2, -0.15) is 4.58 Å². The second kappa shape index (κ2) is 23.6. The van der Waals surface area contributed by atoms with Gasteiger partial charge in [-0.3, -0.25) is 0 Å². The van der Waals surface area contributed by atoms with Crippen molar-refractivity contribution in [1.29, 1.82) is 0 Å². The lowest BCUT2D eigenvalue weighted by Crippen LogP contribution is -2.18. The summed E-state index contributed by atoms with van der Waals surface area (Å²) < 4.78 is 40.4. The fourth-order valence-corrected chi connectivity index (χ4v) is 8.51. The van der Waals surface area contributed by atoms with Crippen molar-refractivity contribution in [3.63, 3.8) is 0 Å². The first-order valence-corrected chi connectivity index (χ1v) is 23.1. The molecule has 0 atom stereocenters. The number of rotatable bonds is 24. The summed E-state index contributed by atoms with van der Waals surface area (Å²) in [5.41, 5.74) is 7.26. The Morgan fingerprint density at radius 3 is 1.61 bits per heavy atom. The Hall–Kier alpha value is -4.52. The van der Waals surface area contributed by atoms with Crippen LogP contribution in [0.1, 0.15) is 128 Å². The van der Waals surface area contributed by atoms with Gasteiger partial charge in [-0.05, 0) is 72.0 Å². The smallest absolute Gasteiger partial charge is 0.205 e. The average molecular weight is 785 g/mol. The van der Waals surface area contributed by atoms with Crippen molar-refractivity contribution in [3.8, 4) is 0 Å². The van der Waals surface area contributed by atoms with E-state index in [1.807, 2.05) is 12.1 Å². The first-order valence-electron chi connectivity index (χ1n) is 21.7. The highest BCUT2D eigenvalue weighted by Gasteiger charge is 2.21. The lowest BCUT2D eigenvalue weighted by atomic mass is 9.90. The van der Waals surface area contributed by atoms with E-state index in [4.69, 9.17) is 0 Å². The number of allylic oxidation sites excluding steroid dienone is 5. The van der Waals surface area contributed by atoms with Crippen molar-refractivity contribution in [1.82, 2.24) is 0 Å². The summed E-state index contributed by atoms with van der Waals surface area (Å²) >= 11 is 0. The number of hydrogen-bond acceptors (Lipinski definition) is 4. The minimum atomic E-state index is -4.74. The number of anilines is 2. The Morgan fingerprint density at radius 1 is 0.544 bits per heavy atom. The number of unbranched alkanes of at least 4 members (excludes halogenated alkanes) is 14. The molecule has 0 bridgehead atoms. The molecule has 1 aliphatic rings. The van der Waals surface area contributed by atoms with Crippen molar-refractivity contribution in [2.45, 2.75) is 121 Å². The number of para-hydroxylation sites is 2. The number of benzene rings is 4. The van der Waals surface area contributed by atoms with Crippen LogP contribution in [0.3, 0.4) is 0 Å². The first kappa shape index (κ1) is 43.6. The zero-order valence-corrected chi connectivity index (χ0v) is 35.3. The highest BCUT2D eigenvalue weighted by molar-refractivity contribution is 7.85. The summed E-state index contributed by atoms with van der Waals surface area (Å²) in [6, 6.07) is 36.0. The molecular formula is C51H64N2O3S. The van der Waals surface area contributed by atoms with Crippen LogP contribution in [-0.4, -0.2) is 36.3 Å². The van der Waals surface area contributed by atoms with E-state index < -0.39 is 10.1 Å². The lowest BCUT2D eigenvalue weighted by molar-refractivity contribution is -0.439. The predicted octanol–water partition coefficient (Wildman–Crippen LogP) is 13.7. The van der Waals surface area contributed by atoms with E-state index >= 15 is 0 Å². The Morgan fingerprint density at radius 2 is 1.04 bits per heavy atom. The Labute approximate surface area is 344 Å². The molecule has 0 fully saturated rings. The zero-order chi connectivity index (χ0) is 40.1. The second-order valence-corrected chi connectivity index (χ2v) is 16.7. The number of nitrogens with zero attached hydrogens (tertiary/aromatic N) is 2. The maximum atomic E-state index is 12.7. The maximum absolute atomic E-state index is 12.7. The second-order valence-electron chi connectivity index (χ2n) is 15.3. The molecule has 4 aromatic carbocycles. The molecule has 0 radical (unpaired) electrons. The topological polar surface area (TPSA) is 63.5 Å². The fraction of sp³-hybridized carbons (Fsp3) is 0.392. The summed E-state index contributed by atoms with van der Waals surface area (Å²) in [4.78, 5) is 2.16. The lowest BCUT2D eigenvalue weighted by Gasteiger charge is -2.26. The van der Waals surface area contributed by atoms with Crippen LogP contribution in [0.4, 0.5) is 17.1 Å². The summed E-state index contributed by atoms with van der Waals surface area (Å²) in [7, 11) is -4.74. The molecule has 0 aliphatic heterocycles. The van der Waals surface area contributed by atoms with Gasteiger partial charge in [-0.15, -0.1) is 0 Å². The quantitative estimate of drug-likeness (QED) is 0.0403. The normalized spacial score (nSPS) is 12.6. The molecule has 1 aliphatic carbocycles. The number of hydrogen-bond donors (Lipinski definition) is 0. The molecule has 0 saturated carbocycles. The predicted molar refractivity (Wildman–Crippen MR) is 240 cm³/mol. The van der Waals surface area contributed by atoms with Gasteiger partial charge in [-0.25, -0.2) is 8.42 Å². The molecule has 0 aromatic heterocycles. The van der Waals surface area contributed by atoms with E-state index in [1.54, 1.807) is 18.2 Å². The third kappa shape index (κ3) is 13.5. The van der Waals surface area contributed by atoms with Gasteiger partial charge in [0.2, 0.25) is 11.4 Å². The van der Waals surface area contributed by atoms with E-state index in [0.29, 0.717) is 11.1 Å². The molecule has 0 amide bonds. The molecule has 5 rings (SSSR count). The van der Waals surface area contributed by atoms with Gasteiger partial charge >= 0.3 is 0 Å². The van der Waals surface area contributed by atoms with Crippen LogP contribution in [0.25, 0.3) is 5.57 Å². The van der Waals surface area contributed by atoms with Crippen LogP contribution < -0.4 is 4.90 Å². The largest absolute Gasteiger partial charge is 0.744 e.